The fourth-order valence-electron chi connectivity index (χ4n) is 3.28. The van der Waals surface area contributed by atoms with Gasteiger partial charge in [-0.25, -0.2) is 15.0 Å². The van der Waals surface area contributed by atoms with Gasteiger partial charge in [0.15, 0.2) is 0 Å². The van der Waals surface area contributed by atoms with Gasteiger partial charge in [-0.05, 0) is 65.8 Å². The summed E-state index contributed by atoms with van der Waals surface area (Å²) in [5, 5.41) is 5.23. The topological polar surface area (TPSA) is 97.0 Å². The van der Waals surface area contributed by atoms with Gasteiger partial charge in [0.25, 0.3) is 5.91 Å². The van der Waals surface area contributed by atoms with Gasteiger partial charge in [-0.1, -0.05) is 42.5 Å². The van der Waals surface area contributed by atoms with Crippen LogP contribution in [0.1, 0.15) is 51.9 Å². The highest BCUT2D eigenvalue weighted by Crippen LogP contribution is 2.33. The average Bonchev–Trinajstić information content (AvgIpc) is 2.76. The quantitative estimate of drug-likeness (QED) is 0.433. The zero-order valence-corrected chi connectivity index (χ0v) is 20.8. The molecule has 3 aromatic rings. The summed E-state index contributed by atoms with van der Waals surface area (Å²) in [6.45, 7) is 10.4. The molecule has 3 aromatic carbocycles. The second-order valence-electron chi connectivity index (χ2n) is 9.93. The lowest BCUT2D eigenvalue weighted by Crippen LogP contribution is -2.50. The number of carbonyl (C=O) groups is 3. The molecule has 0 aliphatic rings. The zero-order valence-electron chi connectivity index (χ0n) is 20.8. The molecule has 0 aliphatic heterocycles. The summed E-state index contributed by atoms with van der Waals surface area (Å²) in [6.07, 6.45) is -1.59. The van der Waals surface area contributed by atoms with Crippen LogP contribution in [0.3, 0.4) is 0 Å². The molecule has 0 radical (unpaired) electrons. The molecular formula is C27H31N3O5. The van der Waals surface area contributed by atoms with Crippen LogP contribution in [0.2, 0.25) is 0 Å². The van der Waals surface area contributed by atoms with Gasteiger partial charge in [-0.2, -0.15) is 5.01 Å². The molecule has 8 heteroatoms. The molecule has 0 heterocycles. The molecular weight excluding hydrogens is 446 g/mol. The van der Waals surface area contributed by atoms with Crippen molar-refractivity contribution in [3.8, 4) is 0 Å². The number of benzene rings is 3. The van der Waals surface area contributed by atoms with Crippen LogP contribution < -0.4 is 15.8 Å². The van der Waals surface area contributed by atoms with Crippen molar-refractivity contribution in [2.75, 3.05) is 10.3 Å². The molecule has 0 saturated heterocycles. The third-order valence-corrected chi connectivity index (χ3v) is 4.60. The van der Waals surface area contributed by atoms with Crippen LogP contribution in [0.25, 0.3) is 10.8 Å². The van der Waals surface area contributed by atoms with Crippen LogP contribution >= 0.6 is 0 Å². The van der Waals surface area contributed by atoms with Crippen molar-refractivity contribution in [3.63, 3.8) is 0 Å². The second-order valence-corrected chi connectivity index (χ2v) is 9.93. The Labute approximate surface area is 205 Å². The van der Waals surface area contributed by atoms with Crippen molar-refractivity contribution in [3.05, 3.63) is 72.3 Å². The number of rotatable bonds is 3. The summed E-state index contributed by atoms with van der Waals surface area (Å²) in [7, 11) is 0. The number of fused-ring (bicyclic) bond motifs is 1. The fraction of sp³-hybridized carbons (Fsp3) is 0.296. The van der Waals surface area contributed by atoms with E-state index in [1.54, 1.807) is 90.1 Å². The zero-order chi connectivity index (χ0) is 25.8. The van der Waals surface area contributed by atoms with E-state index in [2.05, 4.69) is 10.7 Å². The normalized spacial score (nSPS) is 11.5. The van der Waals surface area contributed by atoms with Crippen LogP contribution in [-0.2, 0) is 9.47 Å². The van der Waals surface area contributed by atoms with E-state index < -0.39 is 23.4 Å². The minimum absolute atomic E-state index is 0.264. The third kappa shape index (κ3) is 6.96. The van der Waals surface area contributed by atoms with Crippen molar-refractivity contribution < 1.29 is 23.9 Å². The molecule has 0 spiro atoms. The number of carbonyl (C=O) groups excluding carboxylic acids is 3. The summed E-state index contributed by atoms with van der Waals surface area (Å²) in [6, 6.07) is 19.4. The van der Waals surface area contributed by atoms with Gasteiger partial charge in [0, 0.05) is 22.0 Å². The predicted molar refractivity (Wildman–Crippen MR) is 136 cm³/mol. The fourth-order valence-corrected chi connectivity index (χ4v) is 3.28. The van der Waals surface area contributed by atoms with Gasteiger partial charge in [-0.3, -0.25) is 4.79 Å². The van der Waals surface area contributed by atoms with E-state index in [0.717, 1.165) is 5.01 Å². The van der Waals surface area contributed by atoms with Gasteiger partial charge in [0.2, 0.25) is 0 Å². The Morgan fingerprint density at radius 1 is 0.714 bits per heavy atom. The monoisotopic (exact) mass is 477 g/mol. The molecule has 0 aliphatic carbocycles. The Hall–Kier alpha value is -4.07. The van der Waals surface area contributed by atoms with Crippen LogP contribution in [-0.4, -0.2) is 29.3 Å². The smallest absolute Gasteiger partial charge is 0.434 e. The van der Waals surface area contributed by atoms with Crippen LogP contribution in [0.5, 0.6) is 0 Å². The minimum Gasteiger partial charge on any atom is -0.443 e. The summed E-state index contributed by atoms with van der Waals surface area (Å²) in [4.78, 5) is 38.4. The standard InChI is InChI=1S/C27H31N3O5/c1-26(2,3)34-24(32)29-30(25(33)35-27(4,5)6)22-17-16-21(19-14-10-11-15-20(19)22)28-23(31)18-12-8-7-9-13-18/h7-17H,1-6H3,(H,28,31)(H,29,32). The van der Waals surface area contributed by atoms with Gasteiger partial charge in [0.05, 0.1) is 5.69 Å². The number of hydrazine groups is 1. The van der Waals surface area contributed by atoms with Crippen molar-refractivity contribution in [1.29, 1.82) is 0 Å². The predicted octanol–water partition coefficient (Wildman–Crippen LogP) is 6.27. The largest absolute Gasteiger partial charge is 0.443 e. The number of hydrogen-bond acceptors (Lipinski definition) is 5. The van der Waals surface area contributed by atoms with E-state index in [9.17, 15) is 14.4 Å². The first-order valence-corrected chi connectivity index (χ1v) is 11.2. The van der Waals surface area contributed by atoms with Crippen LogP contribution in [0.4, 0.5) is 21.0 Å². The van der Waals surface area contributed by atoms with Crippen LogP contribution in [0, 0.1) is 0 Å². The lowest BCUT2D eigenvalue weighted by Gasteiger charge is -2.29. The number of anilines is 2. The maximum Gasteiger partial charge on any atom is 0.434 e. The molecule has 0 saturated carbocycles. The SMILES string of the molecule is CC(C)(C)OC(=O)NN(C(=O)OC(C)(C)C)c1ccc(NC(=O)c2ccccc2)c2ccccc12. The lowest BCUT2D eigenvalue weighted by atomic mass is 10.1. The molecule has 0 aromatic heterocycles. The molecule has 0 fully saturated rings. The highest BCUT2D eigenvalue weighted by molar-refractivity contribution is 6.12. The van der Waals surface area contributed by atoms with E-state index >= 15 is 0 Å². The molecule has 0 bridgehead atoms. The third-order valence-electron chi connectivity index (χ3n) is 4.60. The highest BCUT2D eigenvalue weighted by atomic mass is 16.6. The Bertz CT molecular complexity index is 1230. The number of nitrogens with zero attached hydrogens (tertiary/aromatic N) is 1. The summed E-state index contributed by atoms with van der Waals surface area (Å²) in [5.74, 6) is -0.264. The first kappa shape index (κ1) is 25.6. The number of ether oxygens (including phenoxy) is 2. The first-order chi connectivity index (χ1) is 16.3. The molecule has 0 unspecified atom stereocenters. The van der Waals surface area contributed by atoms with E-state index in [4.69, 9.17) is 9.47 Å². The summed E-state index contributed by atoms with van der Waals surface area (Å²) < 4.78 is 10.9. The Balaban J connectivity index is 2.02. The summed E-state index contributed by atoms with van der Waals surface area (Å²) >= 11 is 0. The van der Waals surface area contributed by atoms with Gasteiger partial charge in [0.1, 0.15) is 11.2 Å². The van der Waals surface area contributed by atoms with Crippen molar-refractivity contribution in [1.82, 2.24) is 5.43 Å². The van der Waals surface area contributed by atoms with E-state index in [1.165, 1.54) is 0 Å². The Kier molecular flexibility index (Phi) is 7.34. The highest BCUT2D eigenvalue weighted by Gasteiger charge is 2.28. The maximum absolute atomic E-state index is 13.1. The van der Waals surface area contributed by atoms with Crippen molar-refractivity contribution in [2.24, 2.45) is 0 Å². The number of nitrogens with one attached hydrogen (secondary N) is 2. The first-order valence-electron chi connectivity index (χ1n) is 11.2. The maximum atomic E-state index is 13.1. The Morgan fingerprint density at radius 2 is 1.29 bits per heavy atom. The van der Waals surface area contributed by atoms with E-state index in [-0.39, 0.29) is 5.91 Å². The van der Waals surface area contributed by atoms with Crippen molar-refractivity contribution in [2.45, 2.75) is 52.7 Å². The number of hydrogen-bond donors (Lipinski definition) is 2. The molecule has 0 atom stereocenters. The number of amides is 3. The Morgan fingerprint density at radius 3 is 1.89 bits per heavy atom. The molecule has 3 amide bonds. The van der Waals surface area contributed by atoms with Gasteiger partial charge < -0.3 is 14.8 Å². The van der Waals surface area contributed by atoms with Gasteiger partial charge >= 0.3 is 12.2 Å². The molecule has 184 valence electrons. The van der Waals surface area contributed by atoms with Crippen molar-refractivity contribution >= 4 is 40.2 Å². The molecule has 8 nitrogen and oxygen atoms in total. The van der Waals surface area contributed by atoms with Crippen LogP contribution in [0.15, 0.2) is 66.7 Å². The van der Waals surface area contributed by atoms with E-state index in [0.29, 0.717) is 27.7 Å². The molecule has 3 rings (SSSR count). The van der Waals surface area contributed by atoms with E-state index in [1.807, 2.05) is 18.2 Å². The van der Waals surface area contributed by atoms with Gasteiger partial charge in [-0.15, -0.1) is 0 Å². The minimum atomic E-state index is -0.811. The molecule has 35 heavy (non-hydrogen) atoms. The summed E-state index contributed by atoms with van der Waals surface area (Å²) in [5.41, 5.74) is 2.36. The molecule has 2 N–H and O–H groups in total. The average molecular weight is 478 g/mol. The second kappa shape index (κ2) is 10.0. The lowest BCUT2D eigenvalue weighted by molar-refractivity contribution is 0.0425.